The first-order chi connectivity index (χ1) is 10.4. The van der Waals surface area contributed by atoms with Gasteiger partial charge in [0.1, 0.15) is 0 Å². The molecule has 2 N–H and O–H groups in total. The summed E-state index contributed by atoms with van der Waals surface area (Å²) in [6.07, 6.45) is 5.47. The van der Waals surface area contributed by atoms with Crippen LogP contribution >= 0.6 is 0 Å². The highest BCUT2D eigenvalue weighted by Crippen LogP contribution is 2.28. The lowest BCUT2D eigenvalue weighted by atomic mass is 9.85. The molecule has 1 aromatic rings. The van der Waals surface area contributed by atoms with Crippen LogP contribution in [0.5, 0.6) is 0 Å². The summed E-state index contributed by atoms with van der Waals surface area (Å²) in [5.41, 5.74) is 7.06. The Kier molecular flexibility index (Phi) is 5.75. The quantitative estimate of drug-likeness (QED) is 0.926. The summed E-state index contributed by atoms with van der Waals surface area (Å²) >= 11 is 0. The first-order valence-electron chi connectivity index (χ1n) is 7.85. The number of hydrogen-bond donors (Lipinski definition) is 1. The Hall–Kier alpha value is -1.20. The fourth-order valence-corrected chi connectivity index (χ4v) is 3.61. The molecule has 1 amide bonds. The highest BCUT2D eigenvalue weighted by atomic mass is 32.2. The molecule has 122 valence electrons. The zero-order chi connectivity index (χ0) is 16.3. The molecule has 5 heteroatoms. The van der Waals surface area contributed by atoms with E-state index in [1.54, 1.807) is 6.26 Å². The van der Waals surface area contributed by atoms with Gasteiger partial charge in [0, 0.05) is 41.0 Å². The van der Waals surface area contributed by atoms with Crippen molar-refractivity contribution >= 4 is 16.7 Å². The minimum Gasteiger partial charge on any atom is -0.339 e. The number of hydrogen-bond acceptors (Lipinski definition) is 3. The van der Waals surface area contributed by atoms with Gasteiger partial charge in [0.25, 0.3) is 0 Å². The van der Waals surface area contributed by atoms with Gasteiger partial charge in [-0.3, -0.25) is 9.00 Å². The first kappa shape index (κ1) is 17.2. The van der Waals surface area contributed by atoms with Crippen molar-refractivity contribution in [2.75, 3.05) is 13.3 Å². The Morgan fingerprint density at radius 2 is 1.95 bits per heavy atom. The number of carbonyl (C=O) groups excluding carboxylic acids is 1. The van der Waals surface area contributed by atoms with Crippen molar-refractivity contribution in [1.29, 1.82) is 0 Å². The van der Waals surface area contributed by atoms with Gasteiger partial charge in [-0.1, -0.05) is 18.6 Å². The zero-order valence-corrected chi connectivity index (χ0v) is 14.4. The highest BCUT2D eigenvalue weighted by molar-refractivity contribution is 7.84. The smallest absolute Gasteiger partial charge is 0.225 e. The van der Waals surface area contributed by atoms with Gasteiger partial charge in [0.2, 0.25) is 5.91 Å². The molecule has 0 heterocycles. The van der Waals surface area contributed by atoms with Crippen LogP contribution in [-0.4, -0.2) is 34.4 Å². The van der Waals surface area contributed by atoms with Crippen LogP contribution < -0.4 is 5.73 Å². The summed E-state index contributed by atoms with van der Waals surface area (Å²) in [5, 5.41) is 0. The second-order valence-corrected chi connectivity index (χ2v) is 7.65. The summed E-state index contributed by atoms with van der Waals surface area (Å²) in [6.45, 7) is 2.03. The zero-order valence-electron chi connectivity index (χ0n) is 13.6. The van der Waals surface area contributed by atoms with Gasteiger partial charge in [-0.2, -0.15) is 0 Å². The third-order valence-corrected chi connectivity index (χ3v) is 5.62. The molecule has 1 aliphatic rings. The molecule has 1 fully saturated rings. The van der Waals surface area contributed by atoms with E-state index in [4.69, 9.17) is 5.73 Å². The van der Waals surface area contributed by atoms with E-state index in [9.17, 15) is 9.00 Å². The van der Waals surface area contributed by atoms with Gasteiger partial charge >= 0.3 is 0 Å². The Balaban J connectivity index is 2.05. The van der Waals surface area contributed by atoms with Crippen molar-refractivity contribution in [3.63, 3.8) is 0 Å². The van der Waals surface area contributed by atoms with E-state index in [2.05, 4.69) is 0 Å². The van der Waals surface area contributed by atoms with Crippen LogP contribution in [-0.2, 0) is 15.6 Å². The molecule has 0 radical (unpaired) electrons. The average Bonchev–Trinajstić information content (AvgIpc) is 2.52. The average molecular weight is 322 g/mol. The topological polar surface area (TPSA) is 63.4 Å². The second-order valence-electron chi connectivity index (χ2n) is 6.27. The Morgan fingerprint density at radius 1 is 1.32 bits per heavy atom. The molecule has 0 aromatic heterocycles. The molecule has 2 rings (SSSR count). The maximum Gasteiger partial charge on any atom is 0.225 e. The summed E-state index contributed by atoms with van der Waals surface area (Å²) in [6, 6.07) is 7.82. The Morgan fingerprint density at radius 3 is 2.50 bits per heavy atom. The predicted octanol–water partition coefficient (Wildman–Crippen LogP) is 2.46. The number of benzene rings is 1. The molecule has 4 nitrogen and oxygen atoms in total. The standard InChI is InChI=1S/C17H26N2O2S/c1-12(13-7-9-16(10-8-13)22(3)21)19(2)17(20)14-5-4-6-15(18)11-14/h7-10,12,14-15H,4-6,11,18H2,1-3H3. The number of carbonyl (C=O) groups is 1. The van der Waals surface area contributed by atoms with Gasteiger partial charge in [0.05, 0.1) is 6.04 Å². The van der Waals surface area contributed by atoms with E-state index >= 15 is 0 Å². The van der Waals surface area contributed by atoms with Crippen LogP contribution in [0.2, 0.25) is 0 Å². The minimum absolute atomic E-state index is 0.00462. The minimum atomic E-state index is -0.972. The largest absolute Gasteiger partial charge is 0.339 e. The summed E-state index contributed by atoms with van der Waals surface area (Å²) < 4.78 is 11.4. The summed E-state index contributed by atoms with van der Waals surface area (Å²) in [5.74, 6) is 0.240. The van der Waals surface area contributed by atoms with Crippen LogP contribution in [0.25, 0.3) is 0 Å². The Bertz CT molecular complexity index is 544. The van der Waals surface area contributed by atoms with E-state index in [1.807, 2.05) is 43.1 Å². The van der Waals surface area contributed by atoms with Crippen molar-refractivity contribution < 1.29 is 9.00 Å². The van der Waals surface area contributed by atoms with E-state index in [0.29, 0.717) is 0 Å². The van der Waals surface area contributed by atoms with Gasteiger partial charge in [0.15, 0.2) is 0 Å². The molecule has 22 heavy (non-hydrogen) atoms. The molecule has 0 spiro atoms. The van der Waals surface area contributed by atoms with Crippen molar-refractivity contribution in [3.05, 3.63) is 29.8 Å². The lowest BCUT2D eigenvalue weighted by Gasteiger charge is -2.32. The molecule has 4 unspecified atom stereocenters. The second kappa shape index (κ2) is 7.38. The lowest BCUT2D eigenvalue weighted by Crippen LogP contribution is -2.39. The number of rotatable bonds is 4. The van der Waals surface area contributed by atoms with E-state index in [0.717, 1.165) is 36.1 Å². The van der Waals surface area contributed by atoms with Gasteiger partial charge in [-0.05, 0) is 43.9 Å². The van der Waals surface area contributed by atoms with Crippen LogP contribution in [0, 0.1) is 5.92 Å². The lowest BCUT2D eigenvalue weighted by molar-refractivity contribution is -0.137. The van der Waals surface area contributed by atoms with Crippen molar-refractivity contribution in [2.45, 2.75) is 49.6 Å². The maximum absolute atomic E-state index is 12.7. The van der Waals surface area contributed by atoms with Crippen LogP contribution in [0.15, 0.2) is 29.2 Å². The fourth-order valence-electron chi connectivity index (χ4n) is 3.09. The fraction of sp³-hybridized carbons (Fsp3) is 0.588. The number of nitrogens with zero attached hydrogens (tertiary/aromatic N) is 1. The molecule has 0 saturated heterocycles. The molecular formula is C17H26N2O2S. The molecule has 1 aliphatic carbocycles. The van der Waals surface area contributed by atoms with E-state index < -0.39 is 10.8 Å². The molecular weight excluding hydrogens is 296 g/mol. The van der Waals surface area contributed by atoms with Crippen LogP contribution in [0.4, 0.5) is 0 Å². The summed E-state index contributed by atoms with van der Waals surface area (Å²) in [4.78, 5) is 15.3. The highest BCUT2D eigenvalue weighted by Gasteiger charge is 2.29. The molecule has 1 saturated carbocycles. The number of amides is 1. The van der Waals surface area contributed by atoms with Crippen molar-refractivity contribution in [1.82, 2.24) is 4.90 Å². The normalized spacial score (nSPS) is 24.5. The van der Waals surface area contributed by atoms with Crippen molar-refractivity contribution in [2.24, 2.45) is 11.7 Å². The van der Waals surface area contributed by atoms with Gasteiger partial charge in [-0.15, -0.1) is 0 Å². The van der Waals surface area contributed by atoms with Gasteiger partial charge in [-0.25, -0.2) is 0 Å². The van der Waals surface area contributed by atoms with E-state index in [1.165, 1.54) is 0 Å². The molecule has 1 aromatic carbocycles. The molecule has 4 atom stereocenters. The third kappa shape index (κ3) is 3.96. The number of nitrogens with two attached hydrogens (primary N) is 1. The van der Waals surface area contributed by atoms with Gasteiger partial charge < -0.3 is 10.6 Å². The SMILES string of the molecule is CC(c1ccc(S(C)=O)cc1)N(C)C(=O)C1CCCC(N)C1. The summed E-state index contributed by atoms with van der Waals surface area (Å²) in [7, 11) is 0.888. The predicted molar refractivity (Wildman–Crippen MR) is 89.9 cm³/mol. The first-order valence-corrected chi connectivity index (χ1v) is 9.41. The van der Waals surface area contributed by atoms with Crippen LogP contribution in [0.3, 0.4) is 0 Å². The Labute approximate surface area is 135 Å². The molecule has 0 aliphatic heterocycles. The van der Waals surface area contributed by atoms with Crippen molar-refractivity contribution in [3.8, 4) is 0 Å². The van der Waals surface area contributed by atoms with Crippen LogP contribution in [0.1, 0.15) is 44.2 Å². The monoisotopic (exact) mass is 322 g/mol. The third-order valence-electron chi connectivity index (χ3n) is 4.69. The van der Waals surface area contributed by atoms with E-state index in [-0.39, 0.29) is 23.9 Å². The maximum atomic E-state index is 12.7. The molecule has 0 bridgehead atoms.